The van der Waals surface area contributed by atoms with E-state index in [9.17, 15) is 13.2 Å². The topological polar surface area (TPSA) is 83.5 Å². The summed E-state index contributed by atoms with van der Waals surface area (Å²) in [6.07, 6.45) is 0. The number of aryl methyl sites for hydroxylation is 1. The molecule has 0 aliphatic rings. The zero-order valence-electron chi connectivity index (χ0n) is 9.51. The second-order valence-corrected chi connectivity index (χ2v) is 8.84. The summed E-state index contributed by atoms with van der Waals surface area (Å²) in [7, 11) is -3.76. The third kappa shape index (κ3) is 2.99. The first-order chi connectivity index (χ1) is 8.81. The molecular formula is C10H8BrNO4S3. The van der Waals surface area contributed by atoms with Gasteiger partial charge >= 0.3 is 5.97 Å². The standard InChI is InChI=1S/C10H8BrNO4S3/c1-5-4-17-9(10(13)14)8(5)12-19(15,16)7-3-2-6(11)18-7/h2-4,12H,1H3,(H,13,14). The van der Waals surface area contributed by atoms with Crippen LogP contribution in [0.3, 0.4) is 0 Å². The number of anilines is 1. The fourth-order valence-corrected chi connectivity index (χ4v) is 5.42. The lowest BCUT2D eigenvalue weighted by molar-refractivity contribution is 0.0703. The van der Waals surface area contributed by atoms with Gasteiger partial charge in [-0.1, -0.05) is 0 Å². The van der Waals surface area contributed by atoms with Crippen LogP contribution in [0.1, 0.15) is 15.2 Å². The van der Waals surface area contributed by atoms with Gasteiger partial charge in [-0.25, -0.2) is 13.2 Å². The van der Waals surface area contributed by atoms with Crippen LogP contribution in [0.4, 0.5) is 5.69 Å². The van der Waals surface area contributed by atoms with Crippen molar-refractivity contribution in [1.82, 2.24) is 0 Å². The van der Waals surface area contributed by atoms with Crippen LogP contribution in [0.25, 0.3) is 0 Å². The Morgan fingerprint density at radius 1 is 1.42 bits per heavy atom. The molecule has 5 nitrogen and oxygen atoms in total. The number of nitrogens with one attached hydrogen (secondary N) is 1. The average Bonchev–Trinajstić information content (AvgIpc) is 2.87. The smallest absolute Gasteiger partial charge is 0.348 e. The van der Waals surface area contributed by atoms with E-state index >= 15 is 0 Å². The molecule has 0 amide bonds. The van der Waals surface area contributed by atoms with E-state index in [1.54, 1.807) is 18.4 Å². The lowest BCUT2D eigenvalue weighted by Crippen LogP contribution is -2.13. The average molecular weight is 382 g/mol. The zero-order chi connectivity index (χ0) is 14.2. The van der Waals surface area contributed by atoms with Gasteiger partial charge in [-0.15, -0.1) is 22.7 Å². The molecule has 2 N–H and O–H groups in total. The van der Waals surface area contributed by atoms with Crippen molar-refractivity contribution in [3.63, 3.8) is 0 Å². The van der Waals surface area contributed by atoms with Crippen molar-refractivity contribution in [3.05, 3.63) is 31.7 Å². The quantitative estimate of drug-likeness (QED) is 0.849. The number of sulfonamides is 1. The largest absolute Gasteiger partial charge is 0.477 e. The van der Waals surface area contributed by atoms with Crippen LogP contribution in [-0.4, -0.2) is 19.5 Å². The molecule has 2 aromatic rings. The monoisotopic (exact) mass is 381 g/mol. The second kappa shape index (κ2) is 5.23. The Morgan fingerprint density at radius 2 is 2.11 bits per heavy atom. The Kier molecular flexibility index (Phi) is 4.00. The molecule has 0 fully saturated rings. The molecule has 0 unspecified atom stereocenters. The highest BCUT2D eigenvalue weighted by atomic mass is 79.9. The van der Waals surface area contributed by atoms with Crippen LogP contribution in [0.15, 0.2) is 25.5 Å². The maximum atomic E-state index is 12.1. The molecule has 0 aromatic carbocycles. The van der Waals surface area contributed by atoms with Gasteiger partial charge < -0.3 is 5.11 Å². The molecule has 0 bridgehead atoms. The summed E-state index contributed by atoms with van der Waals surface area (Å²) in [5.41, 5.74) is 0.712. The third-order valence-electron chi connectivity index (χ3n) is 2.22. The van der Waals surface area contributed by atoms with Gasteiger partial charge in [0.15, 0.2) is 0 Å². The fourth-order valence-electron chi connectivity index (χ4n) is 1.36. The first-order valence-electron chi connectivity index (χ1n) is 4.91. The van der Waals surface area contributed by atoms with E-state index in [0.717, 1.165) is 22.7 Å². The van der Waals surface area contributed by atoms with E-state index < -0.39 is 16.0 Å². The van der Waals surface area contributed by atoms with E-state index in [1.807, 2.05) is 0 Å². The van der Waals surface area contributed by atoms with Crippen LogP contribution in [0.2, 0.25) is 0 Å². The number of halogens is 1. The van der Waals surface area contributed by atoms with Crippen molar-refractivity contribution in [2.75, 3.05) is 4.72 Å². The molecule has 2 heterocycles. The first-order valence-corrected chi connectivity index (χ1v) is 8.88. The lowest BCUT2D eigenvalue weighted by Gasteiger charge is -2.07. The highest BCUT2D eigenvalue weighted by Crippen LogP contribution is 2.32. The predicted molar refractivity (Wildman–Crippen MR) is 78.8 cm³/mol. The minimum atomic E-state index is -3.76. The van der Waals surface area contributed by atoms with Crippen molar-refractivity contribution in [3.8, 4) is 0 Å². The molecule has 2 aromatic heterocycles. The van der Waals surface area contributed by atoms with Crippen molar-refractivity contribution in [2.24, 2.45) is 0 Å². The number of carboxylic acid groups (broad SMARTS) is 1. The number of thiophene rings is 2. The van der Waals surface area contributed by atoms with E-state index in [1.165, 1.54) is 6.07 Å². The van der Waals surface area contributed by atoms with Gasteiger partial charge in [-0.3, -0.25) is 4.72 Å². The van der Waals surface area contributed by atoms with E-state index in [-0.39, 0.29) is 14.8 Å². The maximum Gasteiger partial charge on any atom is 0.348 e. The SMILES string of the molecule is Cc1csc(C(=O)O)c1NS(=O)(=O)c1ccc(Br)s1. The summed E-state index contributed by atoms with van der Waals surface area (Å²) in [6, 6.07) is 3.08. The minimum absolute atomic E-state index is 0.0169. The van der Waals surface area contributed by atoms with Crippen LogP contribution in [-0.2, 0) is 10.0 Å². The Balaban J connectivity index is 2.41. The van der Waals surface area contributed by atoms with Crippen molar-refractivity contribution < 1.29 is 18.3 Å². The molecule has 102 valence electrons. The van der Waals surface area contributed by atoms with Gasteiger partial charge in [-0.2, -0.15) is 0 Å². The van der Waals surface area contributed by atoms with Crippen LogP contribution in [0, 0.1) is 6.92 Å². The Morgan fingerprint density at radius 3 is 2.63 bits per heavy atom. The van der Waals surface area contributed by atoms with Crippen molar-refractivity contribution in [1.29, 1.82) is 0 Å². The molecule has 19 heavy (non-hydrogen) atoms. The minimum Gasteiger partial charge on any atom is -0.477 e. The summed E-state index contributed by atoms with van der Waals surface area (Å²) >= 11 is 5.24. The number of aromatic carboxylic acids is 1. The van der Waals surface area contributed by atoms with Crippen LogP contribution >= 0.6 is 38.6 Å². The summed E-state index contributed by atoms with van der Waals surface area (Å²) in [5, 5.41) is 10.6. The number of hydrogen-bond acceptors (Lipinski definition) is 5. The molecule has 0 saturated carbocycles. The first kappa shape index (κ1) is 14.5. The van der Waals surface area contributed by atoms with Gasteiger partial charge in [0.05, 0.1) is 9.47 Å². The molecule has 0 spiro atoms. The van der Waals surface area contributed by atoms with Crippen LogP contribution < -0.4 is 4.72 Å². The summed E-state index contributed by atoms with van der Waals surface area (Å²) < 4.78 is 27.4. The van der Waals surface area contributed by atoms with Crippen LogP contribution in [0.5, 0.6) is 0 Å². The molecule has 0 atom stereocenters. The van der Waals surface area contributed by atoms with E-state index in [4.69, 9.17) is 5.11 Å². The van der Waals surface area contributed by atoms with E-state index in [2.05, 4.69) is 20.7 Å². The Bertz CT molecular complexity index is 732. The summed E-state index contributed by atoms with van der Waals surface area (Å²) in [4.78, 5) is 11.0. The van der Waals surface area contributed by atoms with Gasteiger partial charge in [0.25, 0.3) is 10.0 Å². The Labute approximate surface area is 126 Å². The van der Waals surface area contributed by atoms with E-state index in [0.29, 0.717) is 9.35 Å². The van der Waals surface area contributed by atoms with Gasteiger partial charge in [0.1, 0.15) is 9.09 Å². The summed E-state index contributed by atoms with van der Waals surface area (Å²) in [6.45, 7) is 1.66. The molecule has 0 saturated heterocycles. The number of hydrogen-bond donors (Lipinski definition) is 2. The molecule has 0 aliphatic heterocycles. The predicted octanol–water partition coefficient (Wildman–Crippen LogP) is 3.38. The zero-order valence-corrected chi connectivity index (χ0v) is 13.5. The van der Waals surface area contributed by atoms with Gasteiger partial charge in [0, 0.05) is 0 Å². The van der Waals surface area contributed by atoms with Gasteiger partial charge in [-0.05, 0) is 45.9 Å². The number of carboxylic acids is 1. The fraction of sp³-hybridized carbons (Fsp3) is 0.100. The maximum absolute atomic E-state index is 12.1. The highest BCUT2D eigenvalue weighted by Gasteiger charge is 2.22. The van der Waals surface area contributed by atoms with Crippen molar-refractivity contribution in [2.45, 2.75) is 11.1 Å². The normalized spacial score (nSPS) is 11.5. The second-order valence-electron chi connectivity index (χ2n) is 3.59. The molecular weight excluding hydrogens is 374 g/mol. The molecule has 0 radical (unpaired) electrons. The molecule has 0 aliphatic carbocycles. The van der Waals surface area contributed by atoms with Gasteiger partial charge in [0.2, 0.25) is 0 Å². The van der Waals surface area contributed by atoms with Crippen molar-refractivity contribution >= 4 is 60.3 Å². The highest BCUT2D eigenvalue weighted by molar-refractivity contribution is 9.11. The number of rotatable bonds is 4. The molecule has 9 heteroatoms. The lowest BCUT2D eigenvalue weighted by atomic mass is 10.3. The Hall–Kier alpha value is -0.900. The third-order valence-corrected chi connectivity index (χ3v) is 6.77. The molecule has 2 rings (SSSR count). The summed E-state index contributed by atoms with van der Waals surface area (Å²) in [5.74, 6) is -1.15. The number of carbonyl (C=O) groups is 1.